The zero-order valence-corrected chi connectivity index (χ0v) is 12.4. The van der Waals surface area contributed by atoms with Crippen LogP contribution in [0.4, 0.5) is 0 Å². The lowest BCUT2D eigenvalue weighted by Gasteiger charge is -2.02. The second kappa shape index (κ2) is 5.97. The van der Waals surface area contributed by atoms with E-state index in [4.69, 9.17) is 9.15 Å². The van der Waals surface area contributed by atoms with E-state index in [0.717, 1.165) is 16.0 Å². The number of furan rings is 1. The summed E-state index contributed by atoms with van der Waals surface area (Å²) < 4.78 is 10.9. The van der Waals surface area contributed by atoms with Crippen molar-refractivity contribution in [2.24, 2.45) is 0 Å². The average molecular weight is 298 g/mol. The van der Waals surface area contributed by atoms with Gasteiger partial charge in [0.1, 0.15) is 5.76 Å². The van der Waals surface area contributed by atoms with Gasteiger partial charge in [0.15, 0.2) is 0 Å². The fourth-order valence-corrected chi connectivity index (χ4v) is 2.79. The standard InChI is InChI=1S/C17H14O3S/c1-2-19-17(18)16-13(12-7-4-3-5-8-12)11-14(20-16)15-9-6-10-21-15/h3-11H,2H2,1H3. The number of carbonyl (C=O) groups excluding carboxylic acids is 1. The summed E-state index contributed by atoms with van der Waals surface area (Å²) in [5, 5.41) is 1.98. The van der Waals surface area contributed by atoms with Crippen molar-refractivity contribution in [1.82, 2.24) is 0 Å². The molecular formula is C17H14O3S. The van der Waals surface area contributed by atoms with E-state index in [1.807, 2.05) is 53.9 Å². The molecule has 0 unspecified atom stereocenters. The SMILES string of the molecule is CCOC(=O)c1oc(-c2cccs2)cc1-c1ccccc1. The van der Waals surface area contributed by atoms with Gasteiger partial charge in [-0.05, 0) is 30.0 Å². The van der Waals surface area contributed by atoms with E-state index >= 15 is 0 Å². The third-order valence-electron chi connectivity index (χ3n) is 3.04. The van der Waals surface area contributed by atoms with E-state index in [9.17, 15) is 4.79 Å². The lowest BCUT2D eigenvalue weighted by Crippen LogP contribution is -2.04. The Labute approximate surface area is 126 Å². The zero-order valence-electron chi connectivity index (χ0n) is 11.5. The zero-order chi connectivity index (χ0) is 14.7. The molecule has 3 nitrogen and oxygen atoms in total. The molecule has 0 saturated carbocycles. The first kappa shape index (κ1) is 13.6. The minimum Gasteiger partial charge on any atom is -0.460 e. The molecule has 0 fully saturated rings. The van der Waals surface area contributed by atoms with Crippen LogP contribution in [-0.2, 0) is 4.74 Å². The molecule has 0 radical (unpaired) electrons. The van der Waals surface area contributed by atoms with Gasteiger partial charge in [-0.25, -0.2) is 4.79 Å². The smallest absolute Gasteiger partial charge is 0.374 e. The van der Waals surface area contributed by atoms with Crippen molar-refractivity contribution in [3.63, 3.8) is 0 Å². The maximum absolute atomic E-state index is 12.1. The van der Waals surface area contributed by atoms with Crippen molar-refractivity contribution in [1.29, 1.82) is 0 Å². The molecule has 3 aromatic rings. The normalized spacial score (nSPS) is 10.5. The van der Waals surface area contributed by atoms with Gasteiger partial charge in [0.2, 0.25) is 5.76 Å². The number of hydrogen-bond donors (Lipinski definition) is 0. The van der Waals surface area contributed by atoms with Crippen LogP contribution in [0.1, 0.15) is 17.5 Å². The number of rotatable bonds is 4. The van der Waals surface area contributed by atoms with Gasteiger partial charge in [0, 0.05) is 5.56 Å². The second-order valence-electron chi connectivity index (χ2n) is 4.42. The highest BCUT2D eigenvalue weighted by molar-refractivity contribution is 7.13. The molecule has 2 aromatic heterocycles. The lowest BCUT2D eigenvalue weighted by atomic mass is 10.1. The van der Waals surface area contributed by atoms with Gasteiger partial charge in [-0.15, -0.1) is 11.3 Å². The monoisotopic (exact) mass is 298 g/mol. The Hall–Kier alpha value is -2.33. The number of ether oxygens (including phenoxy) is 1. The fourth-order valence-electron chi connectivity index (χ4n) is 2.11. The van der Waals surface area contributed by atoms with Gasteiger partial charge < -0.3 is 9.15 Å². The van der Waals surface area contributed by atoms with Gasteiger partial charge in [0.05, 0.1) is 11.5 Å². The highest BCUT2D eigenvalue weighted by Crippen LogP contribution is 2.34. The number of carbonyl (C=O) groups is 1. The van der Waals surface area contributed by atoms with Gasteiger partial charge >= 0.3 is 5.97 Å². The van der Waals surface area contributed by atoms with Gasteiger partial charge in [-0.2, -0.15) is 0 Å². The summed E-state index contributed by atoms with van der Waals surface area (Å²) in [4.78, 5) is 13.1. The summed E-state index contributed by atoms with van der Waals surface area (Å²) in [7, 11) is 0. The Kier molecular flexibility index (Phi) is 3.88. The van der Waals surface area contributed by atoms with Crippen LogP contribution in [0.2, 0.25) is 0 Å². The molecule has 0 N–H and O–H groups in total. The third kappa shape index (κ3) is 2.76. The first-order chi connectivity index (χ1) is 10.3. The number of esters is 1. The van der Waals surface area contributed by atoms with Crippen LogP contribution in [0, 0.1) is 0 Å². The summed E-state index contributed by atoms with van der Waals surface area (Å²) in [5.74, 6) is 0.512. The maximum atomic E-state index is 12.1. The molecule has 1 aromatic carbocycles. The molecule has 21 heavy (non-hydrogen) atoms. The van der Waals surface area contributed by atoms with Crippen molar-refractivity contribution < 1.29 is 13.9 Å². The molecule has 0 spiro atoms. The van der Waals surface area contributed by atoms with Crippen molar-refractivity contribution >= 4 is 17.3 Å². The van der Waals surface area contributed by atoms with Crippen LogP contribution in [-0.4, -0.2) is 12.6 Å². The Bertz CT molecular complexity index is 727. The van der Waals surface area contributed by atoms with Crippen molar-refractivity contribution in [3.8, 4) is 21.8 Å². The topological polar surface area (TPSA) is 39.4 Å². The maximum Gasteiger partial charge on any atom is 0.374 e. The molecule has 0 saturated heterocycles. The predicted octanol–water partition coefficient (Wildman–Crippen LogP) is 4.85. The minimum absolute atomic E-state index is 0.256. The molecule has 0 atom stereocenters. The van der Waals surface area contributed by atoms with E-state index in [-0.39, 0.29) is 5.76 Å². The summed E-state index contributed by atoms with van der Waals surface area (Å²) >= 11 is 1.57. The van der Waals surface area contributed by atoms with E-state index in [1.165, 1.54) is 0 Å². The second-order valence-corrected chi connectivity index (χ2v) is 5.36. The van der Waals surface area contributed by atoms with E-state index in [2.05, 4.69) is 0 Å². The van der Waals surface area contributed by atoms with E-state index < -0.39 is 5.97 Å². The Morgan fingerprint density at radius 2 is 2.00 bits per heavy atom. The fraction of sp³-hybridized carbons (Fsp3) is 0.118. The summed E-state index contributed by atoms with van der Waals surface area (Å²) in [5.41, 5.74) is 1.70. The molecule has 0 aliphatic carbocycles. The first-order valence-electron chi connectivity index (χ1n) is 6.70. The minimum atomic E-state index is -0.431. The first-order valence-corrected chi connectivity index (χ1v) is 7.58. The highest BCUT2D eigenvalue weighted by Gasteiger charge is 2.21. The number of hydrogen-bond acceptors (Lipinski definition) is 4. The van der Waals surface area contributed by atoms with Crippen molar-refractivity contribution in [2.75, 3.05) is 6.61 Å². The molecule has 2 heterocycles. The van der Waals surface area contributed by atoms with Crippen molar-refractivity contribution in [2.45, 2.75) is 6.92 Å². The molecular weight excluding hydrogens is 284 g/mol. The van der Waals surface area contributed by atoms with Crippen LogP contribution in [0.25, 0.3) is 21.8 Å². The molecule has 106 valence electrons. The van der Waals surface area contributed by atoms with Crippen LogP contribution in [0.5, 0.6) is 0 Å². The molecule has 0 bridgehead atoms. The Morgan fingerprint density at radius 1 is 1.19 bits per heavy atom. The number of thiophene rings is 1. The molecule has 4 heteroatoms. The van der Waals surface area contributed by atoms with Gasteiger partial charge in [0.25, 0.3) is 0 Å². The highest BCUT2D eigenvalue weighted by atomic mass is 32.1. The average Bonchev–Trinajstić information content (AvgIpc) is 3.17. The van der Waals surface area contributed by atoms with Crippen LogP contribution >= 0.6 is 11.3 Å². The lowest BCUT2D eigenvalue weighted by molar-refractivity contribution is 0.0492. The quantitative estimate of drug-likeness (QED) is 0.646. The van der Waals surface area contributed by atoms with E-state index in [1.54, 1.807) is 18.3 Å². The molecule has 3 rings (SSSR count). The van der Waals surface area contributed by atoms with Gasteiger partial charge in [-0.3, -0.25) is 0 Å². The summed E-state index contributed by atoms with van der Waals surface area (Å²) in [6.07, 6.45) is 0. The van der Waals surface area contributed by atoms with Crippen molar-refractivity contribution in [3.05, 3.63) is 59.7 Å². The molecule has 0 aliphatic rings. The summed E-state index contributed by atoms with van der Waals surface area (Å²) in [6.45, 7) is 2.10. The van der Waals surface area contributed by atoms with Crippen LogP contribution < -0.4 is 0 Å². The van der Waals surface area contributed by atoms with Crippen LogP contribution in [0.15, 0.2) is 58.3 Å². The predicted molar refractivity (Wildman–Crippen MR) is 83.4 cm³/mol. The van der Waals surface area contributed by atoms with Gasteiger partial charge in [-0.1, -0.05) is 36.4 Å². The number of benzene rings is 1. The Morgan fingerprint density at radius 3 is 2.67 bits per heavy atom. The molecule has 0 aliphatic heterocycles. The third-order valence-corrected chi connectivity index (χ3v) is 3.93. The molecule has 0 amide bonds. The summed E-state index contributed by atoms with van der Waals surface area (Å²) in [6, 6.07) is 15.5. The Balaban J connectivity index is 2.10. The van der Waals surface area contributed by atoms with E-state index in [0.29, 0.717) is 12.4 Å². The van der Waals surface area contributed by atoms with Crippen LogP contribution in [0.3, 0.4) is 0 Å². The largest absolute Gasteiger partial charge is 0.460 e.